The molecule has 1 aromatic heterocycles. The first-order chi connectivity index (χ1) is 12.0. The van der Waals surface area contributed by atoms with Crippen LogP contribution in [0.3, 0.4) is 0 Å². The fourth-order valence-electron chi connectivity index (χ4n) is 3.26. The number of methoxy groups -OCH3 is 1. The Morgan fingerprint density at radius 2 is 1.96 bits per heavy atom. The lowest BCUT2D eigenvalue weighted by Crippen LogP contribution is -2.45. The van der Waals surface area contributed by atoms with E-state index in [4.69, 9.17) is 4.74 Å². The molecule has 132 valence electrons. The molecule has 1 amide bonds. The van der Waals surface area contributed by atoms with Crippen LogP contribution in [0.25, 0.3) is 10.4 Å². The molecular formula is C19H21NO4S. The number of hydrogen-bond donors (Lipinski definition) is 1. The van der Waals surface area contributed by atoms with Crippen molar-refractivity contribution in [2.75, 3.05) is 20.2 Å². The second-order valence-corrected chi connectivity index (χ2v) is 7.51. The average molecular weight is 359 g/mol. The van der Waals surface area contributed by atoms with Gasteiger partial charge in [0.25, 0.3) is 5.91 Å². The molecule has 0 bridgehead atoms. The van der Waals surface area contributed by atoms with Gasteiger partial charge in [0.15, 0.2) is 0 Å². The van der Waals surface area contributed by atoms with Crippen molar-refractivity contribution < 1.29 is 19.4 Å². The number of carboxylic acid groups (broad SMARTS) is 1. The first-order valence-corrected chi connectivity index (χ1v) is 9.06. The molecule has 6 heteroatoms. The molecule has 2 unspecified atom stereocenters. The van der Waals surface area contributed by atoms with E-state index in [1.54, 1.807) is 12.0 Å². The number of rotatable bonds is 4. The molecule has 0 aliphatic carbocycles. The summed E-state index contributed by atoms with van der Waals surface area (Å²) in [6.07, 6.45) is 0.607. The number of amides is 1. The largest absolute Gasteiger partial charge is 0.495 e. The predicted molar refractivity (Wildman–Crippen MR) is 97.1 cm³/mol. The Morgan fingerprint density at radius 3 is 2.60 bits per heavy atom. The van der Waals surface area contributed by atoms with Gasteiger partial charge in [-0.2, -0.15) is 0 Å². The van der Waals surface area contributed by atoms with Crippen LogP contribution in [0.4, 0.5) is 0 Å². The molecule has 1 saturated heterocycles. The monoisotopic (exact) mass is 359 g/mol. The summed E-state index contributed by atoms with van der Waals surface area (Å²) in [5.41, 5.74) is 1.03. The summed E-state index contributed by atoms with van der Waals surface area (Å²) in [7, 11) is 1.55. The van der Waals surface area contributed by atoms with Gasteiger partial charge in [0.1, 0.15) is 10.6 Å². The maximum atomic E-state index is 13.0. The molecule has 0 radical (unpaired) electrons. The summed E-state index contributed by atoms with van der Waals surface area (Å²) < 4.78 is 5.41. The molecule has 1 fully saturated rings. The summed E-state index contributed by atoms with van der Waals surface area (Å²) in [5, 5.41) is 9.32. The Morgan fingerprint density at radius 1 is 1.24 bits per heavy atom. The van der Waals surface area contributed by atoms with Gasteiger partial charge >= 0.3 is 5.97 Å². The van der Waals surface area contributed by atoms with Crippen LogP contribution in [0.15, 0.2) is 36.4 Å². The first kappa shape index (κ1) is 17.5. The van der Waals surface area contributed by atoms with E-state index in [0.717, 1.165) is 10.4 Å². The van der Waals surface area contributed by atoms with Crippen LogP contribution < -0.4 is 4.74 Å². The number of hydrogen-bond acceptors (Lipinski definition) is 4. The fraction of sp³-hybridized carbons (Fsp3) is 0.368. The Labute approximate surface area is 150 Å². The van der Waals surface area contributed by atoms with Crippen molar-refractivity contribution in [1.29, 1.82) is 0 Å². The van der Waals surface area contributed by atoms with Crippen molar-refractivity contribution in [3.63, 3.8) is 0 Å². The standard InChI is InChI=1S/C19H21NO4S/c1-12-8-14(19(22)23)11-20(10-12)18(21)17-15(24-2)9-16(25-17)13-6-4-3-5-7-13/h3-7,9,12,14H,8,10-11H2,1-2H3,(H,22,23). The van der Waals surface area contributed by atoms with Gasteiger partial charge in [-0.1, -0.05) is 37.3 Å². The number of likely N-dealkylation sites (tertiary alicyclic amines) is 1. The van der Waals surface area contributed by atoms with Crippen molar-refractivity contribution in [2.45, 2.75) is 13.3 Å². The molecule has 2 heterocycles. The van der Waals surface area contributed by atoms with Crippen LogP contribution in [0.2, 0.25) is 0 Å². The van der Waals surface area contributed by atoms with Crippen molar-refractivity contribution >= 4 is 23.2 Å². The van der Waals surface area contributed by atoms with Crippen molar-refractivity contribution in [3.8, 4) is 16.2 Å². The summed E-state index contributed by atoms with van der Waals surface area (Å²) >= 11 is 1.39. The van der Waals surface area contributed by atoms with Gasteiger partial charge in [0.05, 0.1) is 13.0 Å². The van der Waals surface area contributed by atoms with Crippen LogP contribution in [0, 0.1) is 11.8 Å². The van der Waals surface area contributed by atoms with E-state index < -0.39 is 11.9 Å². The van der Waals surface area contributed by atoms with E-state index in [1.165, 1.54) is 11.3 Å². The number of carbonyl (C=O) groups excluding carboxylic acids is 1. The molecule has 1 aromatic carbocycles. The highest BCUT2D eigenvalue weighted by molar-refractivity contribution is 7.17. The summed E-state index contributed by atoms with van der Waals surface area (Å²) in [5.74, 6) is -0.793. The molecule has 3 rings (SSSR count). The van der Waals surface area contributed by atoms with Gasteiger partial charge in [-0.15, -0.1) is 11.3 Å². The minimum atomic E-state index is -0.840. The van der Waals surface area contributed by atoms with E-state index in [2.05, 4.69) is 0 Å². The summed E-state index contributed by atoms with van der Waals surface area (Å²) in [6, 6.07) is 11.7. The van der Waals surface area contributed by atoms with E-state index in [-0.39, 0.29) is 18.4 Å². The molecule has 2 aromatic rings. The molecule has 2 atom stereocenters. The van der Waals surface area contributed by atoms with Gasteiger partial charge in [-0.05, 0) is 24.0 Å². The Kier molecular flexibility index (Phi) is 5.08. The minimum absolute atomic E-state index is 0.151. The summed E-state index contributed by atoms with van der Waals surface area (Å²) in [4.78, 5) is 27.5. The summed E-state index contributed by atoms with van der Waals surface area (Å²) in [6.45, 7) is 2.81. The smallest absolute Gasteiger partial charge is 0.308 e. The Hall–Kier alpha value is -2.34. The van der Waals surface area contributed by atoms with Gasteiger partial charge in [0, 0.05) is 18.0 Å². The van der Waals surface area contributed by atoms with E-state index in [1.807, 2.05) is 43.3 Å². The molecule has 1 aliphatic rings. The zero-order valence-electron chi connectivity index (χ0n) is 14.3. The first-order valence-electron chi connectivity index (χ1n) is 8.25. The fourth-order valence-corrected chi connectivity index (χ4v) is 4.36. The lowest BCUT2D eigenvalue weighted by Gasteiger charge is -2.34. The van der Waals surface area contributed by atoms with E-state index in [9.17, 15) is 14.7 Å². The number of nitrogens with zero attached hydrogens (tertiary/aromatic N) is 1. The highest BCUT2D eigenvalue weighted by Gasteiger charge is 2.34. The van der Waals surface area contributed by atoms with Crippen LogP contribution in [-0.4, -0.2) is 42.1 Å². The molecule has 0 spiro atoms. The SMILES string of the molecule is COc1cc(-c2ccccc2)sc1C(=O)N1CC(C)CC(C(=O)O)C1. The molecule has 25 heavy (non-hydrogen) atoms. The number of carboxylic acids is 1. The molecule has 5 nitrogen and oxygen atoms in total. The number of thiophene rings is 1. The van der Waals surface area contributed by atoms with Crippen LogP contribution in [0.1, 0.15) is 23.0 Å². The quantitative estimate of drug-likeness (QED) is 0.906. The molecule has 1 aliphatic heterocycles. The van der Waals surface area contributed by atoms with E-state index in [0.29, 0.717) is 23.6 Å². The molecular weight excluding hydrogens is 338 g/mol. The number of carbonyl (C=O) groups is 2. The second-order valence-electron chi connectivity index (χ2n) is 6.46. The highest BCUT2D eigenvalue weighted by atomic mass is 32.1. The number of ether oxygens (including phenoxy) is 1. The van der Waals surface area contributed by atoms with Crippen molar-refractivity contribution in [2.24, 2.45) is 11.8 Å². The van der Waals surface area contributed by atoms with Crippen LogP contribution in [-0.2, 0) is 4.79 Å². The minimum Gasteiger partial charge on any atom is -0.495 e. The van der Waals surface area contributed by atoms with Gasteiger partial charge in [0.2, 0.25) is 0 Å². The van der Waals surface area contributed by atoms with Gasteiger partial charge < -0.3 is 14.7 Å². The number of benzene rings is 1. The van der Waals surface area contributed by atoms with Gasteiger partial charge in [-0.25, -0.2) is 0 Å². The zero-order valence-corrected chi connectivity index (χ0v) is 15.1. The van der Waals surface area contributed by atoms with Crippen LogP contribution in [0.5, 0.6) is 5.75 Å². The maximum absolute atomic E-state index is 13.0. The van der Waals surface area contributed by atoms with Crippen molar-refractivity contribution in [1.82, 2.24) is 4.90 Å². The topological polar surface area (TPSA) is 66.8 Å². The molecule has 1 N–H and O–H groups in total. The predicted octanol–water partition coefficient (Wildman–Crippen LogP) is 3.61. The average Bonchev–Trinajstić information content (AvgIpc) is 3.05. The third-order valence-corrected chi connectivity index (χ3v) is 5.62. The number of aliphatic carboxylic acids is 1. The molecule has 0 saturated carbocycles. The Balaban J connectivity index is 1.89. The maximum Gasteiger partial charge on any atom is 0.308 e. The normalized spacial score (nSPS) is 20.3. The zero-order chi connectivity index (χ0) is 18.0. The van der Waals surface area contributed by atoms with Crippen LogP contribution >= 0.6 is 11.3 Å². The second kappa shape index (κ2) is 7.27. The highest BCUT2D eigenvalue weighted by Crippen LogP contribution is 2.37. The third kappa shape index (κ3) is 3.69. The lowest BCUT2D eigenvalue weighted by molar-refractivity contribution is -0.143. The third-order valence-electron chi connectivity index (χ3n) is 4.47. The lowest BCUT2D eigenvalue weighted by atomic mass is 9.90. The van der Waals surface area contributed by atoms with Gasteiger partial charge in [-0.3, -0.25) is 9.59 Å². The Bertz CT molecular complexity index is 771. The van der Waals surface area contributed by atoms with Crippen molar-refractivity contribution in [3.05, 3.63) is 41.3 Å². The van der Waals surface area contributed by atoms with E-state index >= 15 is 0 Å². The number of piperidine rings is 1.